The highest BCUT2D eigenvalue weighted by molar-refractivity contribution is 5.91. The number of nitrogens with zero attached hydrogens (tertiary/aromatic N) is 1. The summed E-state index contributed by atoms with van der Waals surface area (Å²) in [6.07, 6.45) is 2.87. The van der Waals surface area contributed by atoms with E-state index in [0.717, 1.165) is 18.4 Å². The number of hydrogen-bond acceptors (Lipinski definition) is 4. The van der Waals surface area contributed by atoms with Crippen LogP contribution in [0.1, 0.15) is 37.2 Å². The van der Waals surface area contributed by atoms with Crippen molar-refractivity contribution in [3.63, 3.8) is 0 Å². The Morgan fingerprint density at radius 3 is 2.85 bits per heavy atom. The number of ether oxygens (including phenoxy) is 1. The second kappa shape index (κ2) is 4.58. The van der Waals surface area contributed by atoms with Crippen LogP contribution in [-0.4, -0.2) is 23.9 Å². The Labute approximate surface area is 117 Å². The lowest BCUT2D eigenvalue weighted by Gasteiger charge is -2.19. The van der Waals surface area contributed by atoms with E-state index in [9.17, 15) is 14.9 Å². The van der Waals surface area contributed by atoms with Gasteiger partial charge in [-0.05, 0) is 30.5 Å². The smallest absolute Gasteiger partial charge is 0.234 e. The lowest BCUT2D eigenvalue weighted by molar-refractivity contribution is -0.502. The summed E-state index contributed by atoms with van der Waals surface area (Å²) in [5.41, 5.74) is 0.0926. The minimum Gasteiger partial charge on any atom is -0.497 e. The second-order valence-corrected chi connectivity index (χ2v) is 5.66. The van der Waals surface area contributed by atoms with E-state index in [1.807, 2.05) is 24.3 Å². The summed E-state index contributed by atoms with van der Waals surface area (Å²) >= 11 is 0. The minimum absolute atomic E-state index is 0.0678. The molecule has 0 bridgehead atoms. The number of methoxy groups -OCH3 is 1. The van der Waals surface area contributed by atoms with Crippen molar-refractivity contribution in [2.45, 2.75) is 37.6 Å². The zero-order chi connectivity index (χ0) is 14.3. The molecule has 2 aliphatic rings. The van der Waals surface area contributed by atoms with Crippen LogP contribution in [0.4, 0.5) is 0 Å². The molecule has 0 radical (unpaired) electrons. The molecule has 0 aliphatic heterocycles. The summed E-state index contributed by atoms with van der Waals surface area (Å²) in [6.45, 7) is 0. The maximum atomic E-state index is 12.3. The molecule has 20 heavy (non-hydrogen) atoms. The molecule has 2 fully saturated rings. The summed E-state index contributed by atoms with van der Waals surface area (Å²) in [4.78, 5) is 23.4. The molecule has 1 aromatic carbocycles. The monoisotopic (exact) mass is 275 g/mol. The molecule has 1 spiro atoms. The number of nitro groups is 1. The molecular weight excluding hydrogens is 258 g/mol. The van der Waals surface area contributed by atoms with Gasteiger partial charge in [0.1, 0.15) is 16.9 Å². The van der Waals surface area contributed by atoms with Crippen LogP contribution < -0.4 is 4.74 Å². The summed E-state index contributed by atoms with van der Waals surface area (Å²) in [5, 5.41) is 11.3. The third-order valence-electron chi connectivity index (χ3n) is 4.73. The van der Waals surface area contributed by atoms with Crippen molar-refractivity contribution in [3.8, 4) is 5.75 Å². The van der Waals surface area contributed by atoms with E-state index >= 15 is 0 Å². The number of rotatable bonds is 3. The zero-order valence-corrected chi connectivity index (χ0v) is 11.4. The van der Waals surface area contributed by atoms with E-state index in [4.69, 9.17) is 4.74 Å². The van der Waals surface area contributed by atoms with Gasteiger partial charge in [0.2, 0.25) is 6.04 Å². The SMILES string of the molecule is COc1cccc([C@H]2[C@H]([N+](=O)[O-])[C@@]23CCCCC3=O)c1. The molecule has 0 heterocycles. The maximum absolute atomic E-state index is 12.3. The van der Waals surface area contributed by atoms with Gasteiger partial charge in [-0.3, -0.25) is 14.9 Å². The third-order valence-corrected chi connectivity index (χ3v) is 4.73. The van der Waals surface area contributed by atoms with Gasteiger partial charge >= 0.3 is 0 Å². The Hall–Kier alpha value is -1.91. The van der Waals surface area contributed by atoms with Gasteiger partial charge in [-0.15, -0.1) is 0 Å². The fourth-order valence-corrected chi connectivity index (χ4v) is 3.76. The predicted octanol–water partition coefficient (Wildman–Crippen LogP) is 2.57. The standard InChI is InChI=1S/C15H17NO4/c1-20-11-6-4-5-10(9-11)13-14(16(18)19)15(13)8-3-2-7-12(15)17/h4-6,9,13-14H,2-3,7-8H2,1H3/t13-,14-,15+/m0/s1. The number of benzene rings is 1. The summed E-state index contributed by atoms with van der Waals surface area (Å²) in [5.74, 6) is 0.452. The lowest BCUT2D eigenvalue weighted by Crippen LogP contribution is -2.27. The largest absolute Gasteiger partial charge is 0.497 e. The van der Waals surface area contributed by atoms with Crippen LogP contribution in [0, 0.1) is 15.5 Å². The first-order chi connectivity index (χ1) is 9.61. The molecule has 3 rings (SSSR count). The van der Waals surface area contributed by atoms with Crippen molar-refractivity contribution in [3.05, 3.63) is 39.9 Å². The summed E-state index contributed by atoms with van der Waals surface area (Å²) in [7, 11) is 1.57. The van der Waals surface area contributed by atoms with Gasteiger partial charge in [0.05, 0.1) is 13.0 Å². The van der Waals surface area contributed by atoms with Gasteiger partial charge in [-0.25, -0.2) is 0 Å². The number of carbonyl (C=O) groups is 1. The number of carbonyl (C=O) groups excluding carboxylic acids is 1. The topological polar surface area (TPSA) is 69.4 Å². The van der Waals surface area contributed by atoms with E-state index in [0.29, 0.717) is 18.6 Å². The Kier molecular flexibility index (Phi) is 3.00. The zero-order valence-electron chi connectivity index (χ0n) is 11.4. The second-order valence-electron chi connectivity index (χ2n) is 5.66. The molecule has 0 aromatic heterocycles. The number of Topliss-reactive ketones (excluding diaryl/α,β-unsaturated/α-hetero) is 1. The first-order valence-electron chi connectivity index (χ1n) is 6.92. The Balaban J connectivity index is 1.99. The van der Waals surface area contributed by atoms with Crippen LogP contribution in [0.15, 0.2) is 24.3 Å². The Morgan fingerprint density at radius 2 is 2.20 bits per heavy atom. The predicted molar refractivity (Wildman–Crippen MR) is 72.4 cm³/mol. The fourth-order valence-electron chi connectivity index (χ4n) is 3.76. The molecule has 3 atom stereocenters. The molecular formula is C15H17NO4. The van der Waals surface area contributed by atoms with E-state index < -0.39 is 11.5 Å². The Bertz CT molecular complexity index is 571. The molecule has 0 N–H and O–H groups in total. The number of hydrogen-bond donors (Lipinski definition) is 0. The van der Waals surface area contributed by atoms with Crippen LogP contribution in [0.2, 0.25) is 0 Å². The van der Waals surface area contributed by atoms with Crippen LogP contribution in [0.25, 0.3) is 0 Å². The average Bonchev–Trinajstić information content (AvgIpc) is 3.12. The van der Waals surface area contributed by atoms with E-state index in [2.05, 4.69) is 0 Å². The minimum atomic E-state index is -0.762. The fraction of sp³-hybridized carbons (Fsp3) is 0.533. The lowest BCUT2D eigenvalue weighted by atomic mass is 9.81. The van der Waals surface area contributed by atoms with Gasteiger partial charge in [0.25, 0.3) is 0 Å². The molecule has 5 nitrogen and oxygen atoms in total. The van der Waals surface area contributed by atoms with Crippen molar-refractivity contribution >= 4 is 5.78 Å². The summed E-state index contributed by atoms with van der Waals surface area (Å²) < 4.78 is 5.18. The highest BCUT2D eigenvalue weighted by Gasteiger charge is 2.77. The molecule has 0 saturated heterocycles. The Morgan fingerprint density at radius 1 is 1.40 bits per heavy atom. The van der Waals surface area contributed by atoms with Crippen LogP contribution in [0.3, 0.4) is 0 Å². The van der Waals surface area contributed by atoms with Crippen molar-refractivity contribution in [1.82, 2.24) is 0 Å². The number of ketones is 1. The molecule has 106 valence electrons. The van der Waals surface area contributed by atoms with Crippen LogP contribution in [-0.2, 0) is 4.79 Å². The molecule has 0 unspecified atom stereocenters. The van der Waals surface area contributed by atoms with Gasteiger partial charge in [0.15, 0.2) is 0 Å². The first-order valence-corrected chi connectivity index (χ1v) is 6.92. The molecule has 5 heteroatoms. The molecule has 2 aliphatic carbocycles. The third kappa shape index (κ3) is 1.72. The van der Waals surface area contributed by atoms with Crippen LogP contribution >= 0.6 is 0 Å². The van der Waals surface area contributed by atoms with Crippen molar-refractivity contribution in [2.75, 3.05) is 7.11 Å². The van der Waals surface area contributed by atoms with Crippen molar-refractivity contribution in [1.29, 1.82) is 0 Å². The summed E-state index contributed by atoms with van der Waals surface area (Å²) in [6, 6.07) is 6.55. The van der Waals surface area contributed by atoms with E-state index in [1.54, 1.807) is 7.11 Å². The van der Waals surface area contributed by atoms with Gasteiger partial charge in [-0.1, -0.05) is 18.6 Å². The van der Waals surface area contributed by atoms with Crippen molar-refractivity contribution in [2.24, 2.45) is 5.41 Å². The van der Waals surface area contributed by atoms with Gasteiger partial charge < -0.3 is 4.74 Å². The quantitative estimate of drug-likeness (QED) is 0.628. The molecule has 1 aromatic rings. The molecule has 0 amide bonds. The highest BCUT2D eigenvalue weighted by atomic mass is 16.6. The van der Waals surface area contributed by atoms with Gasteiger partial charge in [0, 0.05) is 11.3 Å². The van der Waals surface area contributed by atoms with Crippen LogP contribution in [0.5, 0.6) is 5.75 Å². The van der Waals surface area contributed by atoms with E-state index in [-0.39, 0.29) is 16.6 Å². The van der Waals surface area contributed by atoms with Gasteiger partial charge in [-0.2, -0.15) is 0 Å². The van der Waals surface area contributed by atoms with Crippen molar-refractivity contribution < 1.29 is 14.5 Å². The molecule has 2 saturated carbocycles. The highest BCUT2D eigenvalue weighted by Crippen LogP contribution is 2.66. The first kappa shape index (κ1) is 13.1. The maximum Gasteiger partial charge on any atom is 0.234 e. The van der Waals surface area contributed by atoms with E-state index in [1.165, 1.54) is 0 Å². The average molecular weight is 275 g/mol. The normalized spacial score (nSPS) is 32.1.